The SMILES string of the molecule is CCNC(C=C(C)C)c1cc(C)cc(C)c1. The van der Waals surface area contributed by atoms with Crippen molar-refractivity contribution < 1.29 is 0 Å². The van der Waals surface area contributed by atoms with Crippen LogP contribution in [0, 0.1) is 13.8 Å². The summed E-state index contributed by atoms with van der Waals surface area (Å²) in [4.78, 5) is 0. The molecule has 0 heterocycles. The molecule has 0 radical (unpaired) electrons. The Morgan fingerprint density at radius 2 is 1.75 bits per heavy atom. The zero-order valence-electron chi connectivity index (χ0n) is 11.1. The first-order chi connectivity index (χ1) is 7.52. The lowest BCUT2D eigenvalue weighted by Crippen LogP contribution is -2.19. The second-order valence-corrected chi connectivity index (χ2v) is 4.70. The maximum Gasteiger partial charge on any atom is 0.0508 e. The Balaban J connectivity index is 3.05. The third kappa shape index (κ3) is 3.82. The molecule has 0 aliphatic rings. The van der Waals surface area contributed by atoms with Crippen LogP contribution in [0.5, 0.6) is 0 Å². The second kappa shape index (κ2) is 5.86. The van der Waals surface area contributed by atoms with Gasteiger partial charge in [-0.1, -0.05) is 47.9 Å². The number of hydrogen-bond donors (Lipinski definition) is 1. The van der Waals surface area contributed by atoms with E-state index in [4.69, 9.17) is 0 Å². The molecule has 0 saturated heterocycles. The van der Waals surface area contributed by atoms with Gasteiger partial charge in [-0.25, -0.2) is 0 Å². The average molecular weight is 217 g/mol. The number of allylic oxidation sites excluding steroid dienone is 1. The zero-order chi connectivity index (χ0) is 12.1. The summed E-state index contributed by atoms with van der Waals surface area (Å²) in [6.07, 6.45) is 2.29. The molecule has 1 atom stereocenters. The molecule has 0 spiro atoms. The molecule has 16 heavy (non-hydrogen) atoms. The fourth-order valence-electron chi connectivity index (χ4n) is 2.02. The Hall–Kier alpha value is -1.08. The number of benzene rings is 1. The van der Waals surface area contributed by atoms with E-state index in [0.717, 1.165) is 6.54 Å². The van der Waals surface area contributed by atoms with Crippen LogP contribution in [0.2, 0.25) is 0 Å². The summed E-state index contributed by atoms with van der Waals surface area (Å²) in [6, 6.07) is 7.09. The van der Waals surface area contributed by atoms with Gasteiger partial charge in [0, 0.05) is 0 Å². The van der Waals surface area contributed by atoms with Crippen molar-refractivity contribution in [2.24, 2.45) is 0 Å². The summed E-state index contributed by atoms with van der Waals surface area (Å²) in [5.74, 6) is 0. The minimum atomic E-state index is 0.341. The van der Waals surface area contributed by atoms with Gasteiger partial charge in [-0.15, -0.1) is 0 Å². The molecular formula is C15H23N. The predicted molar refractivity (Wildman–Crippen MR) is 71.8 cm³/mol. The van der Waals surface area contributed by atoms with E-state index < -0.39 is 0 Å². The highest BCUT2D eigenvalue weighted by molar-refractivity contribution is 5.33. The van der Waals surface area contributed by atoms with Crippen molar-refractivity contribution in [1.82, 2.24) is 5.32 Å². The number of nitrogens with one attached hydrogen (secondary N) is 1. The van der Waals surface area contributed by atoms with Crippen LogP contribution in [0.25, 0.3) is 0 Å². The van der Waals surface area contributed by atoms with Crippen LogP contribution in [0.4, 0.5) is 0 Å². The lowest BCUT2D eigenvalue weighted by atomic mass is 10.00. The molecule has 0 amide bonds. The van der Waals surface area contributed by atoms with E-state index in [2.05, 4.69) is 64.2 Å². The Morgan fingerprint density at radius 1 is 1.19 bits per heavy atom. The molecule has 1 N–H and O–H groups in total. The van der Waals surface area contributed by atoms with Crippen molar-refractivity contribution in [3.05, 3.63) is 46.5 Å². The third-order valence-corrected chi connectivity index (χ3v) is 2.53. The molecular weight excluding hydrogens is 194 g/mol. The molecule has 0 aliphatic carbocycles. The predicted octanol–water partition coefficient (Wildman–Crippen LogP) is 3.92. The lowest BCUT2D eigenvalue weighted by Gasteiger charge is -2.16. The fourth-order valence-corrected chi connectivity index (χ4v) is 2.02. The first kappa shape index (κ1) is 13.0. The molecule has 0 fully saturated rings. The van der Waals surface area contributed by atoms with Gasteiger partial charge in [0.15, 0.2) is 0 Å². The van der Waals surface area contributed by atoms with Gasteiger partial charge in [0.25, 0.3) is 0 Å². The number of hydrogen-bond acceptors (Lipinski definition) is 1. The van der Waals surface area contributed by atoms with Crippen molar-refractivity contribution in [1.29, 1.82) is 0 Å². The number of likely N-dealkylation sites (N-methyl/N-ethyl adjacent to an activating group) is 1. The van der Waals surface area contributed by atoms with Gasteiger partial charge in [-0.05, 0) is 39.8 Å². The maximum absolute atomic E-state index is 3.51. The van der Waals surface area contributed by atoms with Crippen LogP contribution in [0.3, 0.4) is 0 Å². The van der Waals surface area contributed by atoms with Crippen molar-refractivity contribution in [3.63, 3.8) is 0 Å². The fraction of sp³-hybridized carbons (Fsp3) is 0.467. The number of rotatable bonds is 4. The van der Waals surface area contributed by atoms with E-state index in [-0.39, 0.29) is 0 Å². The smallest absolute Gasteiger partial charge is 0.0508 e. The van der Waals surface area contributed by atoms with Crippen molar-refractivity contribution in [2.75, 3.05) is 6.54 Å². The van der Waals surface area contributed by atoms with Crippen molar-refractivity contribution >= 4 is 0 Å². The summed E-state index contributed by atoms with van der Waals surface area (Å²) >= 11 is 0. The van der Waals surface area contributed by atoms with Crippen LogP contribution >= 0.6 is 0 Å². The molecule has 0 bridgehead atoms. The highest BCUT2D eigenvalue weighted by Gasteiger charge is 2.07. The zero-order valence-corrected chi connectivity index (χ0v) is 11.1. The van der Waals surface area contributed by atoms with E-state index >= 15 is 0 Å². The maximum atomic E-state index is 3.51. The standard InChI is InChI=1S/C15H23N/c1-6-16-15(7-11(2)3)14-9-12(4)8-13(5)10-14/h7-10,15-16H,6H2,1-5H3. The van der Waals surface area contributed by atoms with Gasteiger partial charge in [0.2, 0.25) is 0 Å². The first-order valence-electron chi connectivity index (χ1n) is 5.99. The van der Waals surface area contributed by atoms with E-state index in [9.17, 15) is 0 Å². The van der Waals surface area contributed by atoms with Crippen molar-refractivity contribution in [3.8, 4) is 0 Å². The summed E-state index contributed by atoms with van der Waals surface area (Å²) < 4.78 is 0. The monoisotopic (exact) mass is 217 g/mol. The van der Waals surface area contributed by atoms with Crippen molar-refractivity contribution in [2.45, 2.75) is 40.7 Å². The molecule has 0 aromatic heterocycles. The van der Waals surface area contributed by atoms with E-state index in [1.165, 1.54) is 22.3 Å². The van der Waals surface area contributed by atoms with Gasteiger partial charge in [0.1, 0.15) is 0 Å². The largest absolute Gasteiger partial charge is 0.307 e. The Bertz CT molecular complexity index is 353. The second-order valence-electron chi connectivity index (χ2n) is 4.70. The Morgan fingerprint density at radius 3 is 2.19 bits per heavy atom. The Labute approximate surface area is 99.6 Å². The normalized spacial score (nSPS) is 12.3. The highest BCUT2D eigenvalue weighted by Crippen LogP contribution is 2.19. The van der Waals surface area contributed by atoms with E-state index in [1.807, 2.05) is 0 Å². The first-order valence-corrected chi connectivity index (χ1v) is 5.99. The van der Waals surface area contributed by atoms with Crippen LogP contribution < -0.4 is 5.32 Å². The quantitative estimate of drug-likeness (QED) is 0.754. The summed E-state index contributed by atoms with van der Waals surface area (Å²) in [5.41, 5.74) is 5.38. The van der Waals surface area contributed by atoms with Crippen LogP contribution in [0.1, 0.15) is 43.5 Å². The van der Waals surface area contributed by atoms with Crippen LogP contribution in [-0.4, -0.2) is 6.54 Å². The van der Waals surface area contributed by atoms with Gasteiger partial charge in [0.05, 0.1) is 6.04 Å². The van der Waals surface area contributed by atoms with Gasteiger partial charge in [-0.2, -0.15) is 0 Å². The lowest BCUT2D eigenvalue weighted by molar-refractivity contribution is 0.644. The molecule has 1 rings (SSSR count). The van der Waals surface area contributed by atoms with Gasteiger partial charge >= 0.3 is 0 Å². The molecule has 88 valence electrons. The minimum Gasteiger partial charge on any atom is -0.307 e. The van der Waals surface area contributed by atoms with Crippen LogP contribution in [-0.2, 0) is 0 Å². The van der Waals surface area contributed by atoms with Gasteiger partial charge < -0.3 is 5.32 Å². The average Bonchev–Trinajstić information content (AvgIpc) is 2.14. The number of aryl methyl sites for hydroxylation is 2. The molecule has 0 aliphatic heterocycles. The van der Waals surface area contributed by atoms with Gasteiger partial charge in [-0.3, -0.25) is 0 Å². The van der Waals surface area contributed by atoms with Crippen LogP contribution in [0.15, 0.2) is 29.8 Å². The molecule has 0 saturated carbocycles. The molecule has 1 aromatic rings. The Kier molecular flexibility index (Phi) is 4.75. The summed E-state index contributed by atoms with van der Waals surface area (Å²) in [7, 11) is 0. The molecule has 1 aromatic carbocycles. The highest BCUT2D eigenvalue weighted by atomic mass is 14.9. The molecule has 1 nitrogen and oxygen atoms in total. The molecule has 1 unspecified atom stereocenters. The topological polar surface area (TPSA) is 12.0 Å². The summed E-state index contributed by atoms with van der Waals surface area (Å²) in [5, 5.41) is 3.51. The van der Waals surface area contributed by atoms with E-state index in [0.29, 0.717) is 6.04 Å². The van der Waals surface area contributed by atoms with E-state index in [1.54, 1.807) is 0 Å². The molecule has 1 heteroatoms. The third-order valence-electron chi connectivity index (χ3n) is 2.53. The summed E-state index contributed by atoms with van der Waals surface area (Å²) in [6.45, 7) is 11.7. The minimum absolute atomic E-state index is 0.341.